The Morgan fingerprint density at radius 2 is 1.91 bits per heavy atom. The predicted molar refractivity (Wildman–Crippen MR) is 132 cm³/mol. The molecule has 0 spiro atoms. The van der Waals surface area contributed by atoms with Crippen LogP contribution in [0.25, 0.3) is 0 Å². The number of ether oxygens (including phenoxy) is 3. The molecular weight excluding hydrogens is 414 g/mol. The van der Waals surface area contributed by atoms with Gasteiger partial charge in [0.25, 0.3) is 0 Å². The van der Waals surface area contributed by atoms with Crippen molar-refractivity contribution in [1.29, 1.82) is 0 Å². The van der Waals surface area contributed by atoms with Gasteiger partial charge in [-0.15, -0.1) is 6.58 Å². The van der Waals surface area contributed by atoms with Gasteiger partial charge in [-0.25, -0.2) is 4.79 Å². The highest BCUT2D eigenvalue weighted by Crippen LogP contribution is 2.41. The standard InChI is InChI=1S/C28H43NO4/c1-6-17-31-25(21(2)3)19-26-24(18-22-13-9-7-10-14-22)29(28(4,5)33-26)27(30)32-20-23-15-11-8-12-16-23/h6,8,11-12,15-16,21-22,24-26H,1,7,9-10,13-14,17-20H2,2-5H3/t24-,25-,26-/m0/s1. The first-order valence-electron chi connectivity index (χ1n) is 12.7. The molecule has 1 heterocycles. The van der Waals surface area contributed by atoms with E-state index in [2.05, 4.69) is 20.4 Å². The van der Waals surface area contributed by atoms with E-state index in [1.807, 2.05) is 49.1 Å². The maximum absolute atomic E-state index is 13.4. The molecule has 1 aromatic rings. The number of hydrogen-bond acceptors (Lipinski definition) is 4. The van der Waals surface area contributed by atoms with Gasteiger partial charge < -0.3 is 14.2 Å². The van der Waals surface area contributed by atoms with Crippen LogP contribution in [0.2, 0.25) is 0 Å². The molecule has 184 valence electrons. The van der Waals surface area contributed by atoms with Crippen molar-refractivity contribution < 1.29 is 19.0 Å². The summed E-state index contributed by atoms with van der Waals surface area (Å²) in [5.74, 6) is 0.978. The fourth-order valence-corrected chi connectivity index (χ4v) is 5.40. The molecule has 1 saturated carbocycles. The van der Waals surface area contributed by atoms with Gasteiger partial charge >= 0.3 is 6.09 Å². The summed E-state index contributed by atoms with van der Waals surface area (Å²) < 4.78 is 18.5. The maximum Gasteiger partial charge on any atom is 0.412 e. The third-order valence-electron chi connectivity index (χ3n) is 7.12. The van der Waals surface area contributed by atoms with Gasteiger partial charge in [-0.3, -0.25) is 4.90 Å². The van der Waals surface area contributed by atoms with Crippen molar-refractivity contribution in [1.82, 2.24) is 4.90 Å². The number of carbonyl (C=O) groups is 1. The lowest BCUT2D eigenvalue weighted by molar-refractivity contribution is -0.0859. The molecule has 5 heteroatoms. The smallest absolute Gasteiger partial charge is 0.412 e. The van der Waals surface area contributed by atoms with Crippen molar-refractivity contribution in [3.63, 3.8) is 0 Å². The van der Waals surface area contributed by atoms with Gasteiger partial charge in [0.05, 0.1) is 24.9 Å². The molecule has 33 heavy (non-hydrogen) atoms. The van der Waals surface area contributed by atoms with Gasteiger partial charge in [-0.1, -0.05) is 82.4 Å². The van der Waals surface area contributed by atoms with E-state index < -0.39 is 5.72 Å². The van der Waals surface area contributed by atoms with Crippen molar-refractivity contribution in [2.45, 2.75) is 103 Å². The number of amides is 1. The largest absolute Gasteiger partial charge is 0.444 e. The highest BCUT2D eigenvalue weighted by Gasteiger charge is 2.51. The van der Waals surface area contributed by atoms with Crippen LogP contribution < -0.4 is 0 Å². The molecule has 0 unspecified atom stereocenters. The lowest BCUT2D eigenvalue weighted by Crippen LogP contribution is -2.49. The second-order valence-electron chi connectivity index (χ2n) is 10.5. The SMILES string of the molecule is C=CCO[C@@H](C[C@@H]1OC(C)(C)N(C(=O)OCc2ccccc2)[C@H]1CC1CCCCC1)C(C)C. The molecule has 5 nitrogen and oxygen atoms in total. The average Bonchev–Trinajstić information content (AvgIpc) is 3.05. The summed E-state index contributed by atoms with van der Waals surface area (Å²) in [5, 5.41) is 0. The molecule has 0 N–H and O–H groups in total. The van der Waals surface area contributed by atoms with Gasteiger partial charge in [0.15, 0.2) is 0 Å². The second kappa shape index (κ2) is 12.0. The van der Waals surface area contributed by atoms with Gasteiger partial charge in [-0.2, -0.15) is 0 Å². The lowest BCUT2D eigenvalue weighted by Gasteiger charge is -2.35. The van der Waals surface area contributed by atoms with Crippen molar-refractivity contribution in [3.05, 3.63) is 48.6 Å². The minimum absolute atomic E-state index is 0.0139. The third kappa shape index (κ3) is 7.07. The van der Waals surface area contributed by atoms with Crippen LogP contribution in [0.15, 0.2) is 43.0 Å². The van der Waals surface area contributed by atoms with Crippen molar-refractivity contribution in [2.75, 3.05) is 6.61 Å². The molecule has 0 aromatic heterocycles. The monoisotopic (exact) mass is 457 g/mol. The molecular formula is C28H43NO4. The van der Waals surface area contributed by atoms with E-state index in [4.69, 9.17) is 14.2 Å². The van der Waals surface area contributed by atoms with Crippen LogP contribution in [-0.4, -0.2) is 41.6 Å². The van der Waals surface area contributed by atoms with E-state index in [1.54, 1.807) is 6.08 Å². The van der Waals surface area contributed by atoms with Crippen molar-refractivity contribution >= 4 is 6.09 Å². The van der Waals surface area contributed by atoms with Gasteiger partial charge in [0.1, 0.15) is 12.3 Å². The summed E-state index contributed by atoms with van der Waals surface area (Å²) in [6.45, 7) is 12.9. The molecule has 3 rings (SSSR count). The Bertz CT molecular complexity index is 742. The summed E-state index contributed by atoms with van der Waals surface area (Å²) in [6.07, 6.45) is 9.54. The first-order chi connectivity index (χ1) is 15.8. The molecule has 2 fully saturated rings. The molecule has 1 aliphatic carbocycles. The van der Waals surface area contributed by atoms with Gasteiger partial charge in [0, 0.05) is 6.42 Å². The maximum atomic E-state index is 13.4. The van der Waals surface area contributed by atoms with E-state index in [9.17, 15) is 4.79 Å². The summed E-state index contributed by atoms with van der Waals surface area (Å²) >= 11 is 0. The van der Waals surface area contributed by atoms with Crippen LogP contribution in [0.1, 0.15) is 78.2 Å². The quantitative estimate of drug-likeness (QED) is 0.366. The zero-order valence-electron chi connectivity index (χ0n) is 21.0. The Labute approximate surface area is 200 Å². The molecule has 1 aromatic carbocycles. The van der Waals surface area contributed by atoms with E-state index in [-0.39, 0.29) is 30.9 Å². The Hall–Kier alpha value is -1.85. The summed E-state index contributed by atoms with van der Waals surface area (Å²) in [4.78, 5) is 15.3. The van der Waals surface area contributed by atoms with E-state index >= 15 is 0 Å². The molecule has 1 saturated heterocycles. The first kappa shape index (κ1) is 25.8. The van der Waals surface area contributed by atoms with Crippen LogP contribution in [0.3, 0.4) is 0 Å². The minimum Gasteiger partial charge on any atom is -0.444 e. The van der Waals surface area contributed by atoms with E-state index in [0.717, 1.165) is 18.4 Å². The predicted octanol–water partition coefficient (Wildman–Crippen LogP) is 6.72. The zero-order chi connectivity index (χ0) is 23.8. The highest BCUT2D eigenvalue weighted by atomic mass is 16.6. The summed E-state index contributed by atoms with van der Waals surface area (Å²) in [5.41, 5.74) is 0.263. The average molecular weight is 458 g/mol. The van der Waals surface area contributed by atoms with Crippen molar-refractivity contribution in [3.8, 4) is 0 Å². The lowest BCUT2D eigenvalue weighted by atomic mass is 9.82. The first-order valence-corrected chi connectivity index (χ1v) is 12.7. The normalized spacial score (nSPS) is 24.1. The van der Waals surface area contributed by atoms with E-state index in [0.29, 0.717) is 18.4 Å². The highest BCUT2D eigenvalue weighted by molar-refractivity contribution is 5.69. The molecule has 2 aliphatic rings. The molecule has 1 aliphatic heterocycles. The molecule has 1 amide bonds. The van der Waals surface area contributed by atoms with Gasteiger partial charge in [-0.05, 0) is 37.7 Å². The Morgan fingerprint density at radius 1 is 1.21 bits per heavy atom. The number of nitrogens with zero attached hydrogens (tertiary/aromatic N) is 1. The second-order valence-corrected chi connectivity index (χ2v) is 10.5. The number of hydrogen-bond donors (Lipinski definition) is 0. The minimum atomic E-state index is -0.724. The number of benzene rings is 1. The number of rotatable bonds is 10. The zero-order valence-corrected chi connectivity index (χ0v) is 21.0. The fourth-order valence-electron chi connectivity index (χ4n) is 5.40. The van der Waals surface area contributed by atoms with Crippen LogP contribution >= 0.6 is 0 Å². The summed E-state index contributed by atoms with van der Waals surface area (Å²) in [6, 6.07) is 9.83. The van der Waals surface area contributed by atoms with Crippen LogP contribution in [0, 0.1) is 11.8 Å². The van der Waals surface area contributed by atoms with Crippen molar-refractivity contribution in [2.24, 2.45) is 11.8 Å². The Balaban J connectivity index is 1.78. The molecule has 3 atom stereocenters. The number of carbonyl (C=O) groups excluding carboxylic acids is 1. The molecule has 0 bridgehead atoms. The Morgan fingerprint density at radius 3 is 2.55 bits per heavy atom. The topological polar surface area (TPSA) is 48.0 Å². The summed E-state index contributed by atoms with van der Waals surface area (Å²) in [7, 11) is 0. The van der Waals surface area contributed by atoms with Crippen LogP contribution in [0.5, 0.6) is 0 Å². The van der Waals surface area contributed by atoms with Gasteiger partial charge in [0.2, 0.25) is 0 Å². The third-order valence-corrected chi connectivity index (χ3v) is 7.12. The van der Waals surface area contributed by atoms with E-state index in [1.165, 1.54) is 32.1 Å². The van der Waals surface area contributed by atoms with Crippen LogP contribution in [0.4, 0.5) is 4.79 Å². The molecule has 0 radical (unpaired) electrons. The van der Waals surface area contributed by atoms with Crippen LogP contribution in [-0.2, 0) is 20.8 Å². The Kier molecular flexibility index (Phi) is 9.39. The fraction of sp³-hybridized carbons (Fsp3) is 0.679.